The van der Waals surface area contributed by atoms with Crippen molar-refractivity contribution in [2.24, 2.45) is 4.99 Å². The number of nitrogens with zero attached hydrogens (tertiary/aromatic N) is 2. The molecule has 0 bridgehead atoms. The SMILES string of the molecule is CCN1C(=O)/C(=C\c2ccc(SC)cc2)SC1=Nc1ccc(OC)cc1. The summed E-state index contributed by atoms with van der Waals surface area (Å²) in [6, 6.07) is 15.7. The lowest BCUT2D eigenvalue weighted by Crippen LogP contribution is -2.28. The molecule has 0 N–H and O–H groups in total. The van der Waals surface area contributed by atoms with E-state index in [2.05, 4.69) is 17.1 Å². The van der Waals surface area contributed by atoms with E-state index in [9.17, 15) is 4.79 Å². The number of benzene rings is 2. The Morgan fingerprint density at radius 1 is 1.15 bits per heavy atom. The van der Waals surface area contributed by atoms with E-state index in [1.807, 2.05) is 55.7 Å². The number of thioether (sulfide) groups is 2. The maximum absolute atomic E-state index is 12.7. The van der Waals surface area contributed by atoms with Crippen LogP contribution in [0.4, 0.5) is 5.69 Å². The van der Waals surface area contributed by atoms with Crippen molar-refractivity contribution in [3.05, 3.63) is 59.0 Å². The normalized spacial score (nSPS) is 17.3. The smallest absolute Gasteiger partial charge is 0.266 e. The van der Waals surface area contributed by atoms with Gasteiger partial charge in [0.25, 0.3) is 5.91 Å². The van der Waals surface area contributed by atoms with E-state index in [0.29, 0.717) is 16.6 Å². The lowest BCUT2D eigenvalue weighted by Gasteiger charge is -2.12. The van der Waals surface area contributed by atoms with Crippen LogP contribution >= 0.6 is 23.5 Å². The third kappa shape index (κ3) is 4.14. The summed E-state index contributed by atoms with van der Waals surface area (Å²) in [5.41, 5.74) is 1.81. The molecule has 1 aliphatic rings. The standard InChI is InChI=1S/C20H20N2O2S2/c1-4-22-19(23)18(13-14-5-11-17(25-3)12-6-14)26-20(22)21-15-7-9-16(24-2)10-8-15/h5-13H,4H2,1-3H3/b18-13+,21-20?. The van der Waals surface area contributed by atoms with Gasteiger partial charge in [-0.25, -0.2) is 4.99 Å². The lowest BCUT2D eigenvalue weighted by atomic mass is 10.2. The molecule has 0 saturated carbocycles. The summed E-state index contributed by atoms with van der Waals surface area (Å²) in [4.78, 5) is 20.9. The van der Waals surface area contributed by atoms with E-state index in [-0.39, 0.29) is 5.91 Å². The summed E-state index contributed by atoms with van der Waals surface area (Å²) in [5, 5.41) is 0.703. The third-order valence-electron chi connectivity index (χ3n) is 3.92. The molecule has 0 radical (unpaired) electrons. The van der Waals surface area contributed by atoms with Crippen LogP contribution in [0.25, 0.3) is 6.08 Å². The second kappa shape index (κ2) is 8.47. The molecule has 0 atom stereocenters. The molecule has 6 heteroatoms. The van der Waals surface area contributed by atoms with Crippen molar-refractivity contribution in [1.29, 1.82) is 0 Å². The zero-order chi connectivity index (χ0) is 18.5. The molecular weight excluding hydrogens is 364 g/mol. The van der Waals surface area contributed by atoms with Crippen LogP contribution in [0.2, 0.25) is 0 Å². The lowest BCUT2D eigenvalue weighted by molar-refractivity contribution is -0.122. The molecule has 2 aromatic rings. The molecule has 1 aliphatic heterocycles. The Hall–Kier alpha value is -2.18. The van der Waals surface area contributed by atoms with Gasteiger partial charge in [0.2, 0.25) is 0 Å². The number of likely N-dealkylation sites (N-methyl/N-ethyl adjacent to an activating group) is 1. The van der Waals surface area contributed by atoms with Crippen molar-refractivity contribution in [1.82, 2.24) is 4.90 Å². The third-order valence-corrected chi connectivity index (χ3v) is 5.67. The molecule has 0 spiro atoms. The highest BCUT2D eigenvalue weighted by Crippen LogP contribution is 2.34. The molecule has 1 fully saturated rings. The van der Waals surface area contributed by atoms with Crippen LogP contribution in [0.15, 0.2) is 63.3 Å². The highest BCUT2D eigenvalue weighted by atomic mass is 32.2. The van der Waals surface area contributed by atoms with Gasteiger partial charge >= 0.3 is 0 Å². The first-order valence-corrected chi connectivity index (χ1v) is 10.3. The van der Waals surface area contributed by atoms with Crippen molar-refractivity contribution in [3.8, 4) is 5.75 Å². The Kier molecular flexibility index (Phi) is 6.06. The zero-order valence-electron chi connectivity index (χ0n) is 14.9. The summed E-state index contributed by atoms with van der Waals surface area (Å²) >= 11 is 3.11. The number of carbonyl (C=O) groups is 1. The van der Waals surface area contributed by atoms with Crippen LogP contribution in [0.3, 0.4) is 0 Å². The van der Waals surface area contributed by atoms with Crippen LogP contribution in [-0.2, 0) is 4.79 Å². The predicted octanol–water partition coefficient (Wildman–Crippen LogP) is 5.04. The van der Waals surface area contributed by atoms with Crippen LogP contribution in [-0.4, -0.2) is 35.9 Å². The number of methoxy groups -OCH3 is 1. The summed E-state index contributed by atoms with van der Waals surface area (Å²) < 4.78 is 5.17. The van der Waals surface area contributed by atoms with E-state index in [1.54, 1.807) is 23.8 Å². The number of carbonyl (C=O) groups excluding carboxylic acids is 1. The second-order valence-electron chi connectivity index (χ2n) is 5.53. The summed E-state index contributed by atoms with van der Waals surface area (Å²) in [5.74, 6) is 0.782. The van der Waals surface area contributed by atoms with Crippen LogP contribution in [0, 0.1) is 0 Å². The van der Waals surface area contributed by atoms with Gasteiger partial charge in [-0.2, -0.15) is 0 Å². The maximum atomic E-state index is 12.7. The van der Waals surface area contributed by atoms with Crippen molar-refractivity contribution >= 4 is 46.4 Å². The van der Waals surface area contributed by atoms with Gasteiger partial charge in [-0.1, -0.05) is 12.1 Å². The molecule has 134 valence electrons. The molecule has 1 saturated heterocycles. The molecule has 2 aromatic carbocycles. The Balaban J connectivity index is 1.86. The first-order valence-electron chi connectivity index (χ1n) is 8.22. The van der Waals surface area contributed by atoms with Gasteiger partial charge in [-0.05, 0) is 73.0 Å². The second-order valence-corrected chi connectivity index (χ2v) is 7.41. The monoisotopic (exact) mass is 384 g/mol. The minimum Gasteiger partial charge on any atom is -0.497 e. The average molecular weight is 385 g/mol. The van der Waals surface area contributed by atoms with Crippen molar-refractivity contribution in [2.45, 2.75) is 11.8 Å². The largest absolute Gasteiger partial charge is 0.497 e. The number of amides is 1. The van der Waals surface area contributed by atoms with Crippen molar-refractivity contribution in [3.63, 3.8) is 0 Å². The van der Waals surface area contributed by atoms with E-state index in [4.69, 9.17) is 4.74 Å². The first kappa shape index (κ1) is 18.6. The minimum absolute atomic E-state index is 0.00120. The fourth-order valence-electron chi connectivity index (χ4n) is 2.49. The topological polar surface area (TPSA) is 41.9 Å². The zero-order valence-corrected chi connectivity index (χ0v) is 16.6. The van der Waals surface area contributed by atoms with E-state index < -0.39 is 0 Å². The van der Waals surface area contributed by atoms with E-state index in [0.717, 1.165) is 17.0 Å². The molecule has 0 aromatic heterocycles. The number of hydrogen-bond acceptors (Lipinski definition) is 5. The highest BCUT2D eigenvalue weighted by Gasteiger charge is 2.32. The van der Waals surface area contributed by atoms with E-state index >= 15 is 0 Å². The molecule has 26 heavy (non-hydrogen) atoms. The molecule has 1 amide bonds. The summed E-state index contributed by atoms with van der Waals surface area (Å²) in [6.45, 7) is 2.54. The highest BCUT2D eigenvalue weighted by molar-refractivity contribution is 8.18. The minimum atomic E-state index is -0.00120. The van der Waals surface area contributed by atoms with Gasteiger partial charge in [-0.3, -0.25) is 9.69 Å². The molecule has 0 aliphatic carbocycles. The van der Waals surface area contributed by atoms with Crippen LogP contribution < -0.4 is 4.74 Å². The maximum Gasteiger partial charge on any atom is 0.266 e. The van der Waals surface area contributed by atoms with Crippen LogP contribution in [0.5, 0.6) is 5.75 Å². The van der Waals surface area contributed by atoms with Gasteiger partial charge in [0.05, 0.1) is 17.7 Å². The number of hydrogen-bond donors (Lipinski definition) is 0. The molecule has 0 unspecified atom stereocenters. The summed E-state index contributed by atoms with van der Waals surface area (Å²) in [6.07, 6.45) is 3.97. The molecule has 3 rings (SSSR count). The fraction of sp³-hybridized carbons (Fsp3) is 0.200. The van der Waals surface area contributed by atoms with Crippen molar-refractivity contribution in [2.75, 3.05) is 19.9 Å². The van der Waals surface area contributed by atoms with Crippen molar-refractivity contribution < 1.29 is 9.53 Å². The van der Waals surface area contributed by atoms with Crippen LogP contribution in [0.1, 0.15) is 12.5 Å². The average Bonchev–Trinajstić information content (AvgIpc) is 2.97. The molecule has 4 nitrogen and oxygen atoms in total. The first-order chi connectivity index (χ1) is 12.6. The Morgan fingerprint density at radius 3 is 2.42 bits per heavy atom. The Morgan fingerprint density at radius 2 is 1.85 bits per heavy atom. The predicted molar refractivity (Wildman–Crippen MR) is 111 cm³/mol. The number of rotatable bonds is 5. The van der Waals surface area contributed by atoms with Gasteiger partial charge in [-0.15, -0.1) is 11.8 Å². The number of ether oxygens (including phenoxy) is 1. The Bertz CT molecular complexity index is 843. The van der Waals surface area contributed by atoms with Gasteiger partial charge < -0.3 is 4.74 Å². The number of aliphatic imine (C=N–C) groups is 1. The summed E-state index contributed by atoms with van der Waals surface area (Å²) in [7, 11) is 1.63. The van der Waals surface area contributed by atoms with E-state index in [1.165, 1.54) is 16.7 Å². The van der Waals surface area contributed by atoms with Gasteiger partial charge in [0, 0.05) is 11.4 Å². The van der Waals surface area contributed by atoms with Gasteiger partial charge in [0.15, 0.2) is 5.17 Å². The molecule has 1 heterocycles. The number of amidine groups is 1. The Labute approximate surface area is 162 Å². The molecular formula is C20H20N2O2S2. The fourth-order valence-corrected chi connectivity index (χ4v) is 3.96. The van der Waals surface area contributed by atoms with Gasteiger partial charge in [0.1, 0.15) is 5.75 Å². The quantitative estimate of drug-likeness (QED) is 0.535.